The molecular formula is C16H18O6. The molecule has 0 atom stereocenters. The molecular weight excluding hydrogens is 288 g/mol. The van der Waals surface area contributed by atoms with Crippen LogP contribution in [0.3, 0.4) is 0 Å². The summed E-state index contributed by atoms with van der Waals surface area (Å²) < 4.78 is 15.0. The van der Waals surface area contributed by atoms with E-state index in [-0.39, 0.29) is 17.9 Å². The van der Waals surface area contributed by atoms with E-state index >= 15 is 0 Å². The van der Waals surface area contributed by atoms with Crippen LogP contribution in [-0.2, 0) is 9.47 Å². The van der Waals surface area contributed by atoms with E-state index in [2.05, 4.69) is 13.2 Å². The van der Waals surface area contributed by atoms with Crippen molar-refractivity contribution in [1.29, 1.82) is 0 Å². The topological polar surface area (TPSA) is 82.1 Å². The maximum absolute atomic E-state index is 11.4. The third-order valence-electron chi connectivity index (χ3n) is 2.58. The van der Waals surface area contributed by atoms with E-state index in [0.717, 1.165) is 0 Å². The predicted octanol–water partition coefficient (Wildman–Crippen LogP) is 3.40. The van der Waals surface area contributed by atoms with Gasteiger partial charge < -0.3 is 19.3 Å². The highest BCUT2D eigenvalue weighted by Crippen LogP contribution is 2.13. The first-order valence-corrected chi connectivity index (χ1v) is 6.65. The summed E-state index contributed by atoms with van der Waals surface area (Å²) in [5.41, 5.74) is 0.113. The number of hydrogen-bond donors (Lipinski definition) is 1. The van der Waals surface area contributed by atoms with Gasteiger partial charge in [-0.3, -0.25) is 0 Å². The Morgan fingerprint density at radius 1 is 1.09 bits per heavy atom. The van der Waals surface area contributed by atoms with Crippen molar-refractivity contribution in [3.63, 3.8) is 0 Å². The van der Waals surface area contributed by atoms with Gasteiger partial charge in [0.2, 0.25) is 0 Å². The van der Waals surface area contributed by atoms with Crippen LogP contribution >= 0.6 is 0 Å². The number of ether oxygens (including phenoxy) is 3. The molecule has 6 heteroatoms. The number of carboxylic acid groups (broad SMARTS) is 1. The first-order chi connectivity index (χ1) is 10.5. The second-order valence-corrected chi connectivity index (χ2v) is 4.26. The minimum Gasteiger partial charge on any atom is -0.494 e. The molecule has 0 heterocycles. The molecule has 0 fully saturated rings. The highest BCUT2D eigenvalue weighted by atomic mass is 16.7. The number of allylic oxidation sites excluding steroid dienone is 1. The quantitative estimate of drug-likeness (QED) is 0.247. The van der Waals surface area contributed by atoms with Crippen molar-refractivity contribution in [3.8, 4) is 5.75 Å². The lowest BCUT2D eigenvalue weighted by atomic mass is 10.2. The van der Waals surface area contributed by atoms with Gasteiger partial charge in [-0.2, -0.15) is 0 Å². The first kappa shape index (κ1) is 17.3. The molecule has 0 saturated heterocycles. The van der Waals surface area contributed by atoms with E-state index < -0.39 is 12.1 Å². The van der Waals surface area contributed by atoms with Crippen molar-refractivity contribution < 1.29 is 28.9 Å². The molecule has 0 bridgehead atoms. The number of carboxylic acids is 1. The minimum absolute atomic E-state index is 0.113. The van der Waals surface area contributed by atoms with E-state index in [4.69, 9.17) is 19.3 Å². The Morgan fingerprint density at radius 3 is 2.23 bits per heavy atom. The molecule has 1 aromatic carbocycles. The van der Waals surface area contributed by atoms with Crippen LogP contribution in [0, 0.1) is 0 Å². The highest BCUT2D eigenvalue weighted by molar-refractivity contribution is 5.87. The predicted molar refractivity (Wildman–Crippen MR) is 79.9 cm³/mol. The van der Waals surface area contributed by atoms with E-state index in [1.165, 1.54) is 30.3 Å². The van der Waals surface area contributed by atoms with Gasteiger partial charge in [0.25, 0.3) is 0 Å². The van der Waals surface area contributed by atoms with Crippen molar-refractivity contribution in [2.75, 3.05) is 13.2 Å². The monoisotopic (exact) mass is 306 g/mol. The summed E-state index contributed by atoms with van der Waals surface area (Å²) in [7, 11) is 0. The molecule has 0 saturated carbocycles. The summed E-state index contributed by atoms with van der Waals surface area (Å²) in [6.45, 7) is 7.79. The second-order valence-electron chi connectivity index (χ2n) is 4.26. The lowest BCUT2D eigenvalue weighted by Gasteiger charge is -2.07. The van der Waals surface area contributed by atoms with Crippen LogP contribution in [0.4, 0.5) is 4.79 Å². The lowest BCUT2D eigenvalue weighted by molar-refractivity contribution is 0.0697. The molecule has 6 nitrogen and oxygen atoms in total. The number of benzene rings is 1. The van der Waals surface area contributed by atoms with Gasteiger partial charge in [-0.25, -0.2) is 9.59 Å². The zero-order valence-corrected chi connectivity index (χ0v) is 12.1. The molecule has 1 aromatic rings. The van der Waals surface area contributed by atoms with Gasteiger partial charge in [0.15, 0.2) is 0 Å². The van der Waals surface area contributed by atoms with Crippen LogP contribution in [0.5, 0.6) is 5.75 Å². The minimum atomic E-state index is -1.05. The molecule has 0 aliphatic rings. The number of rotatable bonds is 9. The largest absolute Gasteiger partial charge is 0.513 e. The van der Waals surface area contributed by atoms with Gasteiger partial charge in [-0.1, -0.05) is 13.2 Å². The Morgan fingerprint density at radius 2 is 1.68 bits per heavy atom. The summed E-state index contributed by atoms with van der Waals surface area (Å²) in [6, 6.07) is 5.46. The highest BCUT2D eigenvalue weighted by Gasteiger charge is 2.07. The lowest BCUT2D eigenvalue weighted by Crippen LogP contribution is -2.12. The summed E-state index contributed by atoms with van der Waals surface area (Å²) in [5, 5.41) is 8.74. The fourth-order valence-corrected chi connectivity index (χ4v) is 1.41. The maximum Gasteiger partial charge on any atom is 0.513 e. The summed E-state index contributed by atoms with van der Waals surface area (Å²) in [4.78, 5) is 22.1. The SMILES string of the molecule is C=CC(=C)OCCCCOC(=O)Oc1ccc(C(=O)O)cc1. The molecule has 0 unspecified atom stereocenters. The van der Waals surface area contributed by atoms with Gasteiger partial charge in [-0.15, -0.1) is 0 Å². The van der Waals surface area contributed by atoms with Crippen LogP contribution < -0.4 is 4.74 Å². The van der Waals surface area contributed by atoms with Crippen molar-refractivity contribution in [2.45, 2.75) is 12.8 Å². The van der Waals surface area contributed by atoms with Crippen LogP contribution in [0.15, 0.2) is 49.3 Å². The van der Waals surface area contributed by atoms with E-state index in [1.807, 2.05) is 0 Å². The third kappa shape index (κ3) is 6.60. The molecule has 0 aliphatic heterocycles. The molecule has 0 radical (unpaired) electrons. The van der Waals surface area contributed by atoms with Crippen molar-refractivity contribution >= 4 is 12.1 Å². The van der Waals surface area contributed by atoms with Gasteiger partial charge >= 0.3 is 12.1 Å². The fraction of sp³-hybridized carbons (Fsp3) is 0.250. The molecule has 0 amide bonds. The molecule has 22 heavy (non-hydrogen) atoms. The van der Waals surface area contributed by atoms with E-state index in [0.29, 0.717) is 25.2 Å². The summed E-state index contributed by atoms with van der Waals surface area (Å²) in [6.07, 6.45) is 2.01. The average molecular weight is 306 g/mol. The smallest absolute Gasteiger partial charge is 0.494 e. The first-order valence-electron chi connectivity index (χ1n) is 6.65. The molecule has 118 valence electrons. The van der Waals surface area contributed by atoms with Crippen LogP contribution in [0.2, 0.25) is 0 Å². The molecule has 1 N–H and O–H groups in total. The van der Waals surface area contributed by atoms with Crippen LogP contribution in [-0.4, -0.2) is 30.4 Å². The Hall–Kier alpha value is -2.76. The standard InChI is InChI=1S/C16H18O6/c1-3-12(2)20-10-4-5-11-21-16(19)22-14-8-6-13(7-9-14)15(17)18/h3,6-9H,1-2,4-5,10-11H2,(H,17,18). The zero-order chi connectivity index (χ0) is 16.4. The maximum atomic E-state index is 11.4. The summed E-state index contributed by atoms with van der Waals surface area (Å²) in [5.74, 6) is -0.318. The number of unbranched alkanes of at least 4 members (excludes halogenated alkanes) is 1. The van der Waals surface area contributed by atoms with Gasteiger partial charge in [0.1, 0.15) is 11.5 Å². The van der Waals surface area contributed by atoms with Crippen molar-refractivity contribution in [2.24, 2.45) is 0 Å². The Kier molecular flexibility index (Phi) is 7.25. The Balaban J connectivity index is 2.19. The van der Waals surface area contributed by atoms with Gasteiger partial charge in [0.05, 0.1) is 18.8 Å². The molecule has 1 rings (SSSR count). The van der Waals surface area contributed by atoms with E-state index in [9.17, 15) is 9.59 Å². The molecule has 0 aromatic heterocycles. The zero-order valence-electron chi connectivity index (χ0n) is 12.1. The van der Waals surface area contributed by atoms with Crippen LogP contribution in [0.25, 0.3) is 0 Å². The average Bonchev–Trinajstić information content (AvgIpc) is 2.50. The number of hydrogen-bond acceptors (Lipinski definition) is 5. The third-order valence-corrected chi connectivity index (χ3v) is 2.58. The van der Waals surface area contributed by atoms with Gasteiger partial charge in [0, 0.05) is 0 Å². The summed E-state index contributed by atoms with van der Waals surface area (Å²) >= 11 is 0. The Bertz CT molecular complexity index is 532. The van der Waals surface area contributed by atoms with E-state index in [1.54, 1.807) is 0 Å². The fourth-order valence-electron chi connectivity index (χ4n) is 1.41. The normalized spacial score (nSPS) is 9.64. The Labute approximate surface area is 128 Å². The number of carbonyl (C=O) groups is 2. The second kappa shape index (κ2) is 9.23. The van der Waals surface area contributed by atoms with Gasteiger partial charge in [-0.05, 0) is 43.2 Å². The van der Waals surface area contributed by atoms with Crippen molar-refractivity contribution in [3.05, 3.63) is 54.8 Å². The van der Waals surface area contributed by atoms with Crippen molar-refractivity contribution in [1.82, 2.24) is 0 Å². The number of carbonyl (C=O) groups excluding carboxylic acids is 1. The van der Waals surface area contributed by atoms with Crippen LogP contribution in [0.1, 0.15) is 23.2 Å². The molecule has 0 spiro atoms. The molecule has 0 aliphatic carbocycles. The number of aromatic carboxylic acids is 1.